The Morgan fingerprint density at radius 2 is 0.647 bits per heavy atom. The van der Waals surface area contributed by atoms with Gasteiger partial charge in [-0.15, -0.1) is 0 Å². The van der Waals surface area contributed by atoms with Crippen molar-refractivity contribution in [3.05, 3.63) is 48.5 Å². The molecule has 2 aromatic rings. The first-order valence-corrected chi connectivity index (χ1v) is 17.7. The van der Waals surface area contributed by atoms with Crippen molar-refractivity contribution in [2.24, 2.45) is 0 Å². The Morgan fingerprint density at radius 1 is 0.412 bits per heavy atom. The van der Waals surface area contributed by atoms with Gasteiger partial charge in [0.1, 0.15) is 11.5 Å². The first kappa shape index (κ1) is 28.7. The number of hydrogen-bond acceptors (Lipinski definition) is 2. The monoisotopic (exact) mass is 498 g/mol. The van der Waals surface area contributed by atoms with Gasteiger partial charge in [0, 0.05) is 11.1 Å². The van der Waals surface area contributed by atoms with E-state index in [0.717, 1.165) is 22.6 Å². The van der Waals surface area contributed by atoms with E-state index in [-0.39, 0.29) is 0 Å². The topological polar surface area (TPSA) is 18.5 Å². The van der Waals surface area contributed by atoms with E-state index in [1.165, 1.54) is 0 Å². The molecule has 0 aliphatic rings. The summed E-state index contributed by atoms with van der Waals surface area (Å²) < 4.78 is 14.4. The summed E-state index contributed by atoms with van der Waals surface area (Å²) in [7, 11) is -4.17. The fourth-order valence-corrected chi connectivity index (χ4v) is 17.2. The van der Waals surface area contributed by atoms with Gasteiger partial charge in [-0.3, -0.25) is 0 Å². The van der Waals surface area contributed by atoms with Crippen LogP contribution >= 0.6 is 0 Å². The van der Waals surface area contributed by atoms with Crippen molar-refractivity contribution in [3.63, 3.8) is 0 Å². The fraction of sp³-hybridized carbons (Fsp3) is 0.600. The molecule has 0 heterocycles. The van der Waals surface area contributed by atoms with E-state index in [9.17, 15) is 0 Å². The summed E-state index contributed by atoms with van der Waals surface area (Å²) >= 11 is 0. The van der Waals surface area contributed by atoms with Crippen molar-refractivity contribution in [3.8, 4) is 22.6 Å². The number of para-hydroxylation sites is 2. The molecule has 0 fully saturated rings. The zero-order valence-corrected chi connectivity index (χ0v) is 25.9. The predicted octanol–water partition coefficient (Wildman–Crippen LogP) is 10.5. The summed E-state index contributed by atoms with van der Waals surface area (Å²) in [6.45, 7) is 28.2. The molecule has 2 rings (SSSR count). The zero-order valence-electron chi connectivity index (χ0n) is 23.9. The molecule has 2 aromatic carbocycles. The van der Waals surface area contributed by atoms with Gasteiger partial charge >= 0.3 is 0 Å². The van der Waals surface area contributed by atoms with Gasteiger partial charge in [-0.05, 0) is 45.4 Å². The molecule has 0 spiro atoms. The minimum atomic E-state index is -2.08. The Morgan fingerprint density at radius 3 is 0.882 bits per heavy atom. The van der Waals surface area contributed by atoms with Crippen LogP contribution in [-0.2, 0) is 0 Å². The van der Waals surface area contributed by atoms with E-state index < -0.39 is 16.6 Å². The lowest BCUT2D eigenvalue weighted by atomic mass is 10.0. The van der Waals surface area contributed by atoms with Crippen LogP contribution < -0.4 is 8.85 Å². The Bertz CT molecular complexity index is 796. The lowest BCUT2D eigenvalue weighted by Gasteiger charge is -2.43. The van der Waals surface area contributed by atoms with E-state index in [1.807, 2.05) is 0 Å². The van der Waals surface area contributed by atoms with Gasteiger partial charge in [0.15, 0.2) is 0 Å². The van der Waals surface area contributed by atoms with E-state index >= 15 is 0 Å². The van der Waals surface area contributed by atoms with Crippen molar-refractivity contribution >= 4 is 16.6 Å². The molecule has 0 saturated carbocycles. The normalized spacial score (nSPS) is 13.1. The van der Waals surface area contributed by atoms with Crippen LogP contribution in [0.4, 0.5) is 0 Å². The number of benzene rings is 2. The maximum absolute atomic E-state index is 7.19. The quantitative estimate of drug-likeness (QED) is 0.287. The van der Waals surface area contributed by atoms with Crippen LogP contribution in [0, 0.1) is 0 Å². The van der Waals surface area contributed by atoms with Crippen molar-refractivity contribution in [1.29, 1.82) is 0 Å². The highest BCUT2D eigenvalue weighted by atomic mass is 28.4. The van der Waals surface area contributed by atoms with Gasteiger partial charge in [-0.1, -0.05) is 119 Å². The molecular formula is C30H50O2Si2. The summed E-state index contributed by atoms with van der Waals surface area (Å²) in [6, 6.07) is 17.2. The van der Waals surface area contributed by atoms with Gasteiger partial charge < -0.3 is 8.85 Å². The zero-order chi connectivity index (χ0) is 25.8. The molecule has 0 amide bonds. The Labute approximate surface area is 212 Å². The van der Waals surface area contributed by atoms with Gasteiger partial charge in [0.05, 0.1) is 0 Å². The SMILES string of the molecule is CC(C)[Si](Oc1ccccc1-c1ccccc1O[Si](C(C)C)(C(C)C)C(C)C)(C(C)C)C(C)C. The minimum Gasteiger partial charge on any atom is -0.542 e. The van der Waals surface area contributed by atoms with Gasteiger partial charge in [0.25, 0.3) is 16.6 Å². The van der Waals surface area contributed by atoms with Gasteiger partial charge in [0.2, 0.25) is 0 Å². The molecule has 0 saturated heterocycles. The van der Waals surface area contributed by atoms with E-state index in [2.05, 4.69) is 132 Å². The maximum Gasteiger partial charge on any atom is 0.258 e. The number of rotatable bonds is 11. The molecule has 0 radical (unpaired) electrons. The van der Waals surface area contributed by atoms with Crippen LogP contribution in [0.2, 0.25) is 33.2 Å². The van der Waals surface area contributed by atoms with E-state index in [0.29, 0.717) is 33.2 Å². The summed E-state index contributed by atoms with van der Waals surface area (Å²) in [6.07, 6.45) is 0. The van der Waals surface area contributed by atoms with Crippen molar-refractivity contribution < 1.29 is 8.85 Å². The molecular weight excluding hydrogens is 449 g/mol. The Hall–Kier alpha value is -1.53. The van der Waals surface area contributed by atoms with Crippen LogP contribution in [0.1, 0.15) is 83.1 Å². The van der Waals surface area contributed by atoms with Crippen molar-refractivity contribution in [2.75, 3.05) is 0 Å². The van der Waals surface area contributed by atoms with Crippen LogP contribution in [0.5, 0.6) is 11.5 Å². The highest BCUT2D eigenvalue weighted by Crippen LogP contribution is 2.48. The number of hydrogen-bond donors (Lipinski definition) is 0. The molecule has 0 unspecified atom stereocenters. The standard InChI is InChI=1S/C30H50O2Si2/c1-21(2)33(22(3)4,23(5)6)31-29-19-15-13-17-27(29)28-18-14-16-20-30(28)32-34(24(7)8,25(9)10)26(11)12/h13-26H,1-12H3. The van der Waals surface area contributed by atoms with Gasteiger partial charge in [-0.25, -0.2) is 0 Å². The van der Waals surface area contributed by atoms with E-state index in [1.54, 1.807) is 0 Å². The molecule has 0 atom stereocenters. The molecule has 0 N–H and O–H groups in total. The maximum atomic E-state index is 7.19. The molecule has 0 aliphatic heterocycles. The van der Waals surface area contributed by atoms with Crippen LogP contribution in [-0.4, -0.2) is 16.6 Å². The molecule has 0 aromatic heterocycles. The summed E-state index contributed by atoms with van der Waals surface area (Å²) in [5, 5.41) is 0. The molecule has 0 aliphatic carbocycles. The third-order valence-corrected chi connectivity index (χ3v) is 20.0. The van der Waals surface area contributed by atoms with Gasteiger partial charge in [-0.2, -0.15) is 0 Å². The highest BCUT2D eigenvalue weighted by molar-refractivity contribution is 6.78. The summed E-state index contributed by atoms with van der Waals surface area (Å²) in [5.41, 5.74) is 5.44. The molecule has 0 bridgehead atoms. The van der Waals surface area contributed by atoms with Crippen LogP contribution in [0.15, 0.2) is 48.5 Å². The largest absolute Gasteiger partial charge is 0.542 e. The summed E-state index contributed by atoms with van der Waals surface area (Å²) in [5.74, 6) is 2.01. The first-order chi connectivity index (χ1) is 15.8. The first-order valence-electron chi connectivity index (χ1n) is 13.4. The molecule has 2 nitrogen and oxygen atoms in total. The molecule has 4 heteroatoms. The van der Waals surface area contributed by atoms with Crippen LogP contribution in [0.3, 0.4) is 0 Å². The summed E-state index contributed by atoms with van der Waals surface area (Å²) in [4.78, 5) is 0. The average Bonchev–Trinajstić information content (AvgIpc) is 2.74. The second-order valence-electron chi connectivity index (χ2n) is 11.8. The second-order valence-corrected chi connectivity index (χ2v) is 22.6. The average molecular weight is 499 g/mol. The smallest absolute Gasteiger partial charge is 0.258 e. The van der Waals surface area contributed by atoms with Crippen LogP contribution in [0.25, 0.3) is 11.1 Å². The van der Waals surface area contributed by atoms with Crippen molar-refractivity contribution in [2.45, 2.75) is 116 Å². The minimum absolute atomic E-state index is 0.523. The second kappa shape index (κ2) is 11.5. The lowest BCUT2D eigenvalue weighted by Crippen LogP contribution is -2.51. The Kier molecular flexibility index (Phi) is 9.69. The van der Waals surface area contributed by atoms with Crippen molar-refractivity contribution in [1.82, 2.24) is 0 Å². The molecule has 34 heavy (non-hydrogen) atoms. The predicted molar refractivity (Wildman–Crippen MR) is 155 cm³/mol. The third-order valence-electron chi connectivity index (χ3n) is 8.05. The third kappa shape index (κ3) is 5.33. The Balaban J connectivity index is 2.67. The lowest BCUT2D eigenvalue weighted by molar-refractivity contribution is 0.475. The van der Waals surface area contributed by atoms with E-state index in [4.69, 9.17) is 8.85 Å². The molecule has 190 valence electrons. The fourth-order valence-electron chi connectivity index (χ4n) is 6.64. The highest BCUT2D eigenvalue weighted by Gasteiger charge is 2.48.